The zero-order chi connectivity index (χ0) is 15.1. The molecule has 0 spiro atoms. The quantitative estimate of drug-likeness (QED) is 0.720. The highest BCUT2D eigenvalue weighted by molar-refractivity contribution is 7.98. The molecule has 1 unspecified atom stereocenters. The Hall–Kier alpha value is -0.910. The van der Waals surface area contributed by atoms with Crippen LogP contribution in [0.4, 0.5) is 4.79 Å². The number of thioether (sulfide) groups is 1. The lowest BCUT2D eigenvalue weighted by Crippen LogP contribution is -2.58. The second-order valence-electron chi connectivity index (χ2n) is 4.65. The summed E-state index contributed by atoms with van der Waals surface area (Å²) in [6.45, 7) is 5.57. The number of amides is 2. The van der Waals surface area contributed by atoms with Crippen LogP contribution in [-0.4, -0.2) is 52.6 Å². The Kier molecular flexibility index (Phi) is 7.90. The third-order valence-electron chi connectivity index (χ3n) is 3.66. The maximum absolute atomic E-state index is 12.2. The van der Waals surface area contributed by atoms with Crippen LogP contribution >= 0.6 is 11.8 Å². The van der Waals surface area contributed by atoms with Gasteiger partial charge in [0.1, 0.15) is 5.54 Å². The van der Waals surface area contributed by atoms with Crippen LogP contribution in [0.3, 0.4) is 0 Å². The van der Waals surface area contributed by atoms with Crippen molar-refractivity contribution in [3.63, 3.8) is 0 Å². The van der Waals surface area contributed by atoms with E-state index in [-0.39, 0.29) is 12.1 Å². The second kappa shape index (κ2) is 8.30. The second-order valence-corrected chi connectivity index (χ2v) is 5.56. The van der Waals surface area contributed by atoms with E-state index in [0.29, 0.717) is 12.8 Å². The van der Waals surface area contributed by atoms with E-state index < -0.39 is 11.5 Å². The Bertz CT molecular complexity index is 306. The monoisotopic (exact) mass is 290 g/mol. The molecule has 0 aromatic carbocycles. The lowest BCUT2D eigenvalue weighted by Gasteiger charge is -2.33. The van der Waals surface area contributed by atoms with E-state index in [9.17, 15) is 14.7 Å². The highest BCUT2D eigenvalue weighted by Gasteiger charge is 2.37. The van der Waals surface area contributed by atoms with E-state index in [1.807, 2.05) is 13.2 Å². The van der Waals surface area contributed by atoms with Gasteiger partial charge in [0, 0.05) is 18.8 Å². The molecule has 112 valence electrons. The SMILES string of the molecule is CCC(CSC)N(C)C(=O)NC(CC)(CC)C(=O)O. The number of carbonyl (C=O) groups excluding carboxylic acids is 1. The van der Waals surface area contributed by atoms with Gasteiger partial charge in [-0.25, -0.2) is 9.59 Å². The number of carboxylic acid groups (broad SMARTS) is 1. The summed E-state index contributed by atoms with van der Waals surface area (Å²) in [5, 5.41) is 12.0. The molecule has 0 radical (unpaired) electrons. The first-order chi connectivity index (χ1) is 8.88. The first kappa shape index (κ1) is 18.1. The zero-order valence-electron chi connectivity index (χ0n) is 12.5. The summed E-state index contributed by atoms with van der Waals surface area (Å²) in [6.07, 6.45) is 3.59. The van der Waals surface area contributed by atoms with Crippen LogP contribution in [0.1, 0.15) is 40.0 Å². The molecule has 0 fully saturated rings. The van der Waals surface area contributed by atoms with Crippen molar-refractivity contribution in [2.45, 2.75) is 51.6 Å². The van der Waals surface area contributed by atoms with E-state index in [2.05, 4.69) is 5.32 Å². The minimum absolute atomic E-state index is 0.121. The first-order valence-corrected chi connectivity index (χ1v) is 8.05. The van der Waals surface area contributed by atoms with Gasteiger partial charge in [0.25, 0.3) is 0 Å². The third kappa shape index (κ3) is 4.60. The van der Waals surface area contributed by atoms with Crippen molar-refractivity contribution in [2.75, 3.05) is 19.1 Å². The van der Waals surface area contributed by atoms with Gasteiger partial charge in [-0.05, 0) is 25.5 Å². The van der Waals surface area contributed by atoms with Gasteiger partial charge >= 0.3 is 12.0 Å². The minimum atomic E-state index is -1.16. The molecule has 0 bridgehead atoms. The van der Waals surface area contributed by atoms with Gasteiger partial charge in [-0.15, -0.1) is 0 Å². The molecule has 1 atom stereocenters. The minimum Gasteiger partial charge on any atom is -0.480 e. The Morgan fingerprint density at radius 2 is 1.84 bits per heavy atom. The van der Waals surface area contributed by atoms with Gasteiger partial charge < -0.3 is 15.3 Å². The molecule has 2 amide bonds. The molecule has 0 heterocycles. The molecule has 5 nitrogen and oxygen atoms in total. The van der Waals surface area contributed by atoms with E-state index in [0.717, 1.165) is 12.2 Å². The zero-order valence-corrected chi connectivity index (χ0v) is 13.3. The van der Waals surface area contributed by atoms with Crippen LogP contribution in [0.5, 0.6) is 0 Å². The van der Waals surface area contributed by atoms with E-state index in [4.69, 9.17) is 0 Å². The van der Waals surface area contributed by atoms with Crippen molar-refractivity contribution in [1.82, 2.24) is 10.2 Å². The number of aliphatic carboxylic acids is 1. The van der Waals surface area contributed by atoms with Crippen LogP contribution < -0.4 is 5.32 Å². The number of carboxylic acids is 1. The normalized spacial score (nSPS) is 12.9. The summed E-state index contributed by atoms with van der Waals surface area (Å²) in [5.74, 6) is -0.129. The van der Waals surface area contributed by atoms with Crippen LogP contribution in [0.15, 0.2) is 0 Å². The number of nitrogens with zero attached hydrogens (tertiary/aromatic N) is 1. The lowest BCUT2D eigenvalue weighted by atomic mass is 9.93. The van der Waals surface area contributed by atoms with Crippen molar-refractivity contribution in [3.8, 4) is 0 Å². The standard InChI is InChI=1S/C13H26N2O3S/c1-6-10(9-19-5)15(4)12(18)14-13(7-2,8-3)11(16)17/h10H,6-9H2,1-5H3,(H,14,18)(H,16,17). The van der Waals surface area contributed by atoms with Gasteiger partial charge in [0.2, 0.25) is 0 Å². The molecule has 0 aliphatic rings. The number of carbonyl (C=O) groups is 2. The summed E-state index contributed by atoms with van der Waals surface area (Å²) in [6, 6.07) is -0.192. The molecule has 0 saturated carbocycles. The summed E-state index contributed by atoms with van der Waals surface area (Å²) >= 11 is 1.68. The molecule has 6 heteroatoms. The van der Waals surface area contributed by atoms with Crippen molar-refractivity contribution in [1.29, 1.82) is 0 Å². The van der Waals surface area contributed by atoms with Crippen molar-refractivity contribution in [2.24, 2.45) is 0 Å². The summed E-state index contributed by atoms with van der Waals surface area (Å²) in [4.78, 5) is 25.2. The average Bonchev–Trinajstić information content (AvgIpc) is 2.40. The van der Waals surface area contributed by atoms with Crippen molar-refractivity contribution >= 4 is 23.8 Å². The number of hydrogen-bond acceptors (Lipinski definition) is 3. The molecule has 0 aromatic heterocycles. The predicted octanol–water partition coefficient (Wildman–Crippen LogP) is 2.41. The Labute approximate surface area is 120 Å². The number of hydrogen-bond donors (Lipinski definition) is 2. The van der Waals surface area contributed by atoms with Crippen LogP contribution in [-0.2, 0) is 4.79 Å². The average molecular weight is 290 g/mol. The molecule has 0 rings (SSSR count). The van der Waals surface area contributed by atoms with Crippen molar-refractivity contribution < 1.29 is 14.7 Å². The van der Waals surface area contributed by atoms with E-state index in [1.165, 1.54) is 0 Å². The fourth-order valence-electron chi connectivity index (χ4n) is 1.94. The molecular weight excluding hydrogens is 264 g/mol. The van der Waals surface area contributed by atoms with E-state index in [1.54, 1.807) is 37.6 Å². The summed E-state index contributed by atoms with van der Waals surface area (Å²) in [5.41, 5.74) is -1.16. The topological polar surface area (TPSA) is 69.6 Å². The van der Waals surface area contributed by atoms with Crippen LogP contribution in [0, 0.1) is 0 Å². The van der Waals surface area contributed by atoms with Gasteiger partial charge in [-0.1, -0.05) is 20.8 Å². The van der Waals surface area contributed by atoms with Gasteiger partial charge in [0.15, 0.2) is 0 Å². The van der Waals surface area contributed by atoms with Gasteiger partial charge in [-0.3, -0.25) is 0 Å². The third-order valence-corrected chi connectivity index (χ3v) is 4.38. The fraction of sp³-hybridized carbons (Fsp3) is 0.846. The molecular formula is C13H26N2O3S. The molecule has 19 heavy (non-hydrogen) atoms. The smallest absolute Gasteiger partial charge is 0.329 e. The highest BCUT2D eigenvalue weighted by Crippen LogP contribution is 2.17. The Morgan fingerprint density at radius 3 is 2.16 bits per heavy atom. The van der Waals surface area contributed by atoms with E-state index >= 15 is 0 Å². The maximum Gasteiger partial charge on any atom is 0.329 e. The fourth-order valence-corrected chi connectivity index (χ4v) is 2.78. The lowest BCUT2D eigenvalue weighted by molar-refractivity contribution is -0.144. The number of rotatable bonds is 8. The largest absolute Gasteiger partial charge is 0.480 e. The number of nitrogens with one attached hydrogen (secondary N) is 1. The molecule has 2 N–H and O–H groups in total. The molecule has 0 saturated heterocycles. The van der Waals surface area contributed by atoms with Gasteiger partial charge in [0.05, 0.1) is 0 Å². The van der Waals surface area contributed by atoms with Crippen LogP contribution in [0.25, 0.3) is 0 Å². The Balaban J connectivity index is 4.86. The maximum atomic E-state index is 12.2. The van der Waals surface area contributed by atoms with Crippen molar-refractivity contribution in [3.05, 3.63) is 0 Å². The summed E-state index contributed by atoms with van der Waals surface area (Å²) < 4.78 is 0. The number of urea groups is 1. The van der Waals surface area contributed by atoms with Gasteiger partial charge in [-0.2, -0.15) is 11.8 Å². The Morgan fingerprint density at radius 1 is 1.32 bits per heavy atom. The molecule has 0 aromatic rings. The first-order valence-electron chi connectivity index (χ1n) is 6.65. The molecule has 0 aliphatic carbocycles. The summed E-state index contributed by atoms with van der Waals surface area (Å²) in [7, 11) is 1.72. The predicted molar refractivity (Wildman–Crippen MR) is 79.7 cm³/mol. The molecule has 0 aliphatic heterocycles. The van der Waals surface area contributed by atoms with Crippen LogP contribution in [0.2, 0.25) is 0 Å². The highest BCUT2D eigenvalue weighted by atomic mass is 32.2.